The van der Waals surface area contributed by atoms with Gasteiger partial charge in [-0.15, -0.1) is 0 Å². The molecule has 0 unspecified atom stereocenters. The Kier molecular flexibility index (Phi) is 6.14. The molecule has 0 aromatic heterocycles. The van der Waals surface area contributed by atoms with E-state index in [4.69, 9.17) is 0 Å². The van der Waals surface area contributed by atoms with E-state index in [1.807, 2.05) is 13.0 Å². The highest BCUT2D eigenvalue weighted by Gasteiger charge is 1.91. The molecule has 0 aliphatic carbocycles. The van der Waals surface area contributed by atoms with Crippen molar-refractivity contribution in [1.29, 1.82) is 0 Å². The van der Waals surface area contributed by atoms with Crippen molar-refractivity contribution < 1.29 is 4.79 Å². The Hall–Kier alpha value is -0.590. The Morgan fingerprint density at radius 2 is 2.10 bits per heavy atom. The first kappa shape index (κ1) is 9.41. The summed E-state index contributed by atoms with van der Waals surface area (Å²) in [7, 11) is 0. The van der Waals surface area contributed by atoms with Gasteiger partial charge >= 0.3 is 0 Å². The van der Waals surface area contributed by atoms with Crippen molar-refractivity contribution in [2.75, 3.05) is 0 Å². The first-order chi connectivity index (χ1) is 4.85. The van der Waals surface area contributed by atoms with Crippen LogP contribution in [0, 0.1) is 0 Å². The molecule has 0 aromatic rings. The van der Waals surface area contributed by atoms with Gasteiger partial charge in [0.15, 0.2) is 0 Å². The maximum atomic E-state index is 10.3. The lowest BCUT2D eigenvalue weighted by Crippen LogP contribution is -1.84. The van der Waals surface area contributed by atoms with Crippen molar-refractivity contribution in [2.45, 2.75) is 39.5 Å². The fourth-order valence-electron chi connectivity index (χ4n) is 0.850. The van der Waals surface area contributed by atoms with Crippen molar-refractivity contribution in [3.63, 3.8) is 0 Å². The molecule has 1 heteroatoms. The summed E-state index contributed by atoms with van der Waals surface area (Å²) in [6.45, 7) is 4.08. The van der Waals surface area contributed by atoms with Crippen LogP contribution in [0.25, 0.3) is 0 Å². The van der Waals surface area contributed by atoms with Crippen LogP contribution in [0.5, 0.6) is 0 Å². The van der Waals surface area contributed by atoms with Crippen molar-refractivity contribution in [1.82, 2.24) is 0 Å². The van der Waals surface area contributed by atoms with Gasteiger partial charge in [0.2, 0.25) is 0 Å². The summed E-state index contributed by atoms with van der Waals surface area (Å²) in [6.07, 6.45) is 7.39. The Morgan fingerprint density at radius 1 is 1.40 bits per heavy atom. The van der Waals surface area contributed by atoms with Crippen molar-refractivity contribution in [3.05, 3.63) is 11.6 Å². The predicted octanol–water partition coefficient (Wildman–Crippen LogP) is 2.71. The normalized spacial score (nSPS) is 11.6. The second-order valence-corrected chi connectivity index (χ2v) is 2.44. The van der Waals surface area contributed by atoms with Crippen LogP contribution in [0.3, 0.4) is 0 Å². The average molecular weight is 140 g/mol. The monoisotopic (exact) mass is 140 g/mol. The molecule has 0 saturated carbocycles. The topological polar surface area (TPSA) is 17.1 Å². The summed E-state index contributed by atoms with van der Waals surface area (Å²) in [4.78, 5) is 10.3. The highest BCUT2D eigenvalue weighted by molar-refractivity contribution is 5.72. The molecule has 0 N–H and O–H groups in total. The molecule has 0 bridgehead atoms. The second-order valence-electron chi connectivity index (χ2n) is 2.44. The molecular weight excluding hydrogens is 124 g/mol. The minimum absolute atomic E-state index is 0.938. The van der Waals surface area contributed by atoms with Crippen LogP contribution in [0.1, 0.15) is 39.5 Å². The Morgan fingerprint density at radius 3 is 2.50 bits per heavy atom. The van der Waals surface area contributed by atoms with Crippen LogP contribution in [0.4, 0.5) is 0 Å². The lowest BCUT2D eigenvalue weighted by atomic mass is 10.1. The molecule has 0 fully saturated rings. The number of rotatable bonds is 5. The number of allylic oxidation sites excluding steroid dienone is 2. The minimum Gasteiger partial charge on any atom is -0.298 e. The van der Waals surface area contributed by atoms with Gasteiger partial charge in [0, 0.05) is 0 Å². The molecule has 0 heterocycles. The molecule has 0 aliphatic heterocycles. The van der Waals surface area contributed by atoms with E-state index in [1.54, 1.807) is 0 Å². The first-order valence-corrected chi connectivity index (χ1v) is 3.95. The molecule has 0 atom stereocenters. The van der Waals surface area contributed by atoms with Crippen LogP contribution in [0.2, 0.25) is 0 Å². The van der Waals surface area contributed by atoms with E-state index >= 15 is 0 Å². The SMILES string of the molecule is CC=C(C=O)CCCCC. The van der Waals surface area contributed by atoms with Gasteiger partial charge in [0.05, 0.1) is 0 Å². The molecule has 1 nitrogen and oxygen atoms in total. The Labute approximate surface area is 63.1 Å². The third kappa shape index (κ3) is 4.30. The third-order valence-electron chi connectivity index (χ3n) is 1.59. The smallest absolute Gasteiger partial charge is 0.145 e. The maximum Gasteiger partial charge on any atom is 0.145 e. The maximum absolute atomic E-state index is 10.3. The van der Waals surface area contributed by atoms with Crippen molar-refractivity contribution >= 4 is 6.29 Å². The lowest BCUT2D eigenvalue weighted by Gasteiger charge is -1.95. The fourth-order valence-corrected chi connectivity index (χ4v) is 0.850. The van der Waals surface area contributed by atoms with Crippen LogP contribution in [-0.2, 0) is 4.79 Å². The summed E-state index contributed by atoms with van der Waals surface area (Å²) in [5.41, 5.74) is 0.938. The van der Waals surface area contributed by atoms with E-state index in [0.29, 0.717) is 0 Å². The molecule has 0 amide bonds. The molecule has 10 heavy (non-hydrogen) atoms. The molecule has 0 aliphatic rings. The van der Waals surface area contributed by atoms with Gasteiger partial charge in [-0.1, -0.05) is 25.8 Å². The van der Waals surface area contributed by atoms with Gasteiger partial charge in [-0.05, 0) is 25.3 Å². The van der Waals surface area contributed by atoms with Gasteiger partial charge in [-0.3, -0.25) is 4.79 Å². The number of carbonyl (C=O) groups excluding carboxylic acids is 1. The second kappa shape index (κ2) is 6.53. The zero-order valence-corrected chi connectivity index (χ0v) is 6.89. The fraction of sp³-hybridized carbons (Fsp3) is 0.667. The summed E-state index contributed by atoms with van der Waals surface area (Å²) in [5, 5.41) is 0. The van der Waals surface area contributed by atoms with Crippen LogP contribution >= 0.6 is 0 Å². The van der Waals surface area contributed by atoms with Gasteiger partial charge in [0.25, 0.3) is 0 Å². The number of aldehydes is 1. The molecule has 0 radical (unpaired) electrons. The molecule has 0 aromatic carbocycles. The van der Waals surface area contributed by atoms with E-state index in [9.17, 15) is 4.79 Å². The number of carbonyl (C=O) groups is 1. The quantitative estimate of drug-likeness (QED) is 0.326. The molecule has 0 spiro atoms. The highest BCUT2D eigenvalue weighted by Crippen LogP contribution is 2.05. The molecule has 58 valence electrons. The predicted molar refractivity (Wildman–Crippen MR) is 44.0 cm³/mol. The number of unbranched alkanes of at least 4 members (excludes halogenated alkanes) is 2. The standard InChI is InChI=1S/C9H16O/c1-3-5-6-7-9(4-2)8-10/h4,8H,3,5-7H2,1-2H3. The van der Waals surface area contributed by atoms with E-state index in [2.05, 4.69) is 6.92 Å². The summed E-state index contributed by atoms with van der Waals surface area (Å²) in [6, 6.07) is 0. The number of hydrogen-bond acceptors (Lipinski definition) is 1. The first-order valence-electron chi connectivity index (χ1n) is 3.95. The highest BCUT2D eigenvalue weighted by atomic mass is 16.1. The third-order valence-corrected chi connectivity index (χ3v) is 1.59. The molecule has 0 saturated heterocycles. The van der Waals surface area contributed by atoms with Gasteiger partial charge in [-0.25, -0.2) is 0 Å². The van der Waals surface area contributed by atoms with Crippen LogP contribution in [0.15, 0.2) is 11.6 Å². The minimum atomic E-state index is 0.938. The van der Waals surface area contributed by atoms with Crippen LogP contribution in [-0.4, -0.2) is 6.29 Å². The summed E-state index contributed by atoms with van der Waals surface area (Å²) >= 11 is 0. The van der Waals surface area contributed by atoms with Crippen LogP contribution < -0.4 is 0 Å². The van der Waals surface area contributed by atoms with Crippen molar-refractivity contribution in [3.8, 4) is 0 Å². The summed E-state index contributed by atoms with van der Waals surface area (Å²) < 4.78 is 0. The zero-order valence-electron chi connectivity index (χ0n) is 6.89. The lowest BCUT2D eigenvalue weighted by molar-refractivity contribution is -0.105. The average Bonchev–Trinajstić information content (AvgIpc) is 1.99. The van der Waals surface area contributed by atoms with Gasteiger partial charge < -0.3 is 0 Å². The van der Waals surface area contributed by atoms with Gasteiger partial charge in [0.1, 0.15) is 6.29 Å². The molecule has 0 rings (SSSR count). The van der Waals surface area contributed by atoms with E-state index in [-0.39, 0.29) is 0 Å². The summed E-state index contributed by atoms with van der Waals surface area (Å²) in [5.74, 6) is 0. The van der Waals surface area contributed by atoms with E-state index in [0.717, 1.165) is 24.7 Å². The Bertz CT molecular complexity index is 114. The molecular formula is C9H16O. The van der Waals surface area contributed by atoms with E-state index < -0.39 is 0 Å². The Balaban J connectivity index is 3.36. The van der Waals surface area contributed by atoms with Crippen molar-refractivity contribution in [2.24, 2.45) is 0 Å². The zero-order chi connectivity index (χ0) is 7.82. The largest absolute Gasteiger partial charge is 0.298 e. The van der Waals surface area contributed by atoms with Gasteiger partial charge in [-0.2, -0.15) is 0 Å². The number of hydrogen-bond donors (Lipinski definition) is 0. The van der Waals surface area contributed by atoms with E-state index in [1.165, 1.54) is 12.8 Å².